The highest BCUT2D eigenvalue weighted by Gasteiger charge is 2.10. The molecule has 0 aliphatic carbocycles. The van der Waals surface area contributed by atoms with Crippen LogP contribution in [-0.4, -0.2) is 22.5 Å². The van der Waals surface area contributed by atoms with Gasteiger partial charge in [-0.2, -0.15) is 0 Å². The fourth-order valence-electron chi connectivity index (χ4n) is 2.10. The number of para-hydroxylation sites is 1. The number of halogens is 1. The molecule has 0 aliphatic rings. The third kappa shape index (κ3) is 2.76. The van der Waals surface area contributed by atoms with Gasteiger partial charge in [-0.3, -0.25) is 0 Å². The number of esters is 1. The second-order valence-electron chi connectivity index (χ2n) is 4.60. The molecule has 112 valence electrons. The molecule has 5 nitrogen and oxygen atoms in total. The molecule has 3 rings (SSSR count). The zero-order valence-electron chi connectivity index (χ0n) is 11.8. The summed E-state index contributed by atoms with van der Waals surface area (Å²) >= 11 is 6.06. The molecule has 2 aromatic heterocycles. The lowest BCUT2D eigenvalue weighted by Crippen LogP contribution is -2.03. The van der Waals surface area contributed by atoms with Gasteiger partial charge < -0.3 is 13.9 Å². The van der Waals surface area contributed by atoms with Gasteiger partial charge in [0.05, 0.1) is 29.6 Å². The van der Waals surface area contributed by atoms with Crippen LogP contribution in [0, 0.1) is 0 Å². The standard InChI is InChI=1S/C16H13ClN2O3/c1-21-16(20)11-6-7-19-12(9-18-15(19)8-11)10-22-14-5-3-2-4-13(14)17/h2-9H,10H2,1H3. The van der Waals surface area contributed by atoms with Crippen molar-refractivity contribution < 1.29 is 14.3 Å². The Bertz CT molecular complexity index is 829. The van der Waals surface area contributed by atoms with Crippen LogP contribution in [0.3, 0.4) is 0 Å². The predicted octanol–water partition coefficient (Wildman–Crippen LogP) is 3.35. The molecule has 0 unspecified atom stereocenters. The van der Waals surface area contributed by atoms with Gasteiger partial charge in [-0.15, -0.1) is 0 Å². The monoisotopic (exact) mass is 316 g/mol. The highest BCUT2D eigenvalue weighted by atomic mass is 35.5. The van der Waals surface area contributed by atoms with Gasteiger partial charge in [0.2, 0.25) is 0 Å². The van der Waals surface area contributed by atoms with Crippen molar-refractivity contribution in [3.8, 4) is 5.75 Å². The van der Waals surface area contributed by atoms with Crippen LogP contribution in [-0.2, 0) is 11.3 Å². The van der Waals surface area contributed by atoms with E-state index in [1.54, 1.807) is 36.7 Å². The highest BCUT2D eigenvalue weighted by Crippen LogP contribution is 2.24. The van der Waals surface area contributed by atoms with Crippen LogP contribution in [0.1, 0.15) is 16.1 Å². The minimum Gasteiger partial charge on any atom is -0.486 e. The molecular formula is C16H13ClN2O3. The number of hydrogen-bond donors (Lipinski definition) is 0. The van der Waals surface area contributed by atoms with E-state index in [1.165, 1.54) is 7.11 Å². The first-order valence-electron chi connectivity index (χ1n) is 6.60. The number of imidazole rings is 1. The molecule has 0 N–H and O–H groups in total. The second kappa shape index (κ2) is 6.07. The lowest BCUT2D eigenvalue weighted by molar-refractivity contribution is 0.0600. The Labute approximate surface area is 132 Å². The molecule has 0 amide bonds. The zero-order valence-corrected chi connectivity index (χ0v) is 12.6. The summed E-state index contributed by atoms with van der Waals surface area (Å²) in [4.78, 5) is 15.8. The first-order chi connectivity index (χ1) is 10.7. The maximum Gasteiger partial charge on any atom is 0.338 e. The number of carbonyl (C=O) groups is 1. The first kappa shape index (κ1) is 14.4. The predicted molar refractivity (Wildman–Crippen MR) is 82.3 cm³/mol. The first-order valence-corrected chi connectivity index (χ1v) is 6.98. The fourth-order valence-corrected chi connectivity index (χ4v) is 2.29. The van der Waals surface area contributed by atoms with Crippen molar-refractivity contribution in [1.29, 1.82) is 0 Å². The summed E-state index contributed by atoms with van der Waals surface area (Å²) in [6.07, 6.45) is 3.47. The quantitative estimate of drug-likeness (QED) is 0.693. The lowest BCUT2D eigenvalue weighted by atomic mass is 10.2. The molecule has 0 aliphatic heterocycles. The molecule has 6 heteroatoms. The third-order valence-electron chi connectivity index (χ3n) is 3.22. The molecule has 0 fully saturated rings. The van der Waals surface area contributed by atoms with Crippen molar-refractivity contribution >= 4 is 23.2 Å². The van der Waals surface area contributed by atoms with Crippen LogP contribution in [0.2, 0.25) is 5.02 Å². The summed E-state index contributed by atoms with van der Waals surface area (Å²) < 4.78 is 12.2. The largest absolute Gasteiger partial charge is 0.486 e. The van der Waals surface area contributed by atoms with E-state index in [0.29, 0.717) is 28.6 Å². The van der Waals surface area contributed by atoms with Gasteiger partial charge in [-0.05, 0) is 24.3 Å². The number of rotatable bonds is 4. The Hall–Kier alpha value is -2.53. The summed E-state index contributed by atoms with van der Waals surface area (Å²) in [5.41, 5.74) is 1.96. The van der Waals surface area contributed by atoms with Crippen LogP contribution < -0.4 is 4.74 Å². The number of hydrogen-bond acceptors (Lipinski definition) is 4. The van der Waals surface area contributed by atoms with E-state index in [4.69, 9.17) is 21.1 Å². The topological polar surface area (TPSA) is 52.8 Å². The van der Waals surface area contributed by atoms with Crippen molar-refractivity contribution in [1.82, 2.24) is 9.38 Å². The van der Waals surface area contributed by atoms with Crippen LogP contribution in [0.15, 0.2) is 48.8 Å². The van der Waals surface area contributed by atoms with Gasteiger partial charge in [-0.25, -0.2) is 9.78 Å². The fraction of sp³-hybridized carbons (Fsp3) is 0.125. The molecule has 2 heterocycles. The van der Waals surface area contributed by atoms with Gasteiger partial charge in [-0.1, -0.05) is 23.7 Å². The number of benzene rings is 1. The molecule has 0 saturated carbocycles. The van der Waals surface area contributed by atoms with Crippen LogP contribution in [0.25, 0.3) is 5.65 Å². The van der Waals surface area contributed by atoms with Crippen molar-refractivity contribution in [3.05, 3.63) is 65.1 Å². The number of nitrogens with zero attached hydrogens (tertiary/aromatic N) is 2. The smallest absolute Gasteiger partial charge is 0.338 e. The van der Waals surface area contributed by atoms with Gasteiger partial charge in [0.25, 0.3) is 0 Å². The van der Waals surface area contributed by atoms with E-state index in [2.05, 4.69) is 4.98 Å². The Morgan fingerprint density at radius 2 is 2.14 bits per heavy atom. The van der Waals surface area contributed by atoms with E-state index in [1.807, 2.05) is 16.5 Å². The zero-order chi connectivity index (χ0) is 15.5. The molecule has 0 radical (unpaired) electrons. The number of ether oxygens (including phenoxy) is 2. The van der Waals surface area contributed by atoms with Gasteiger partial charge in [0, 0.05) is 6.20 Å². The molecule has 1 aromatic carbocycles. The number of fused-ring (bicyclic) bond motifs is 1. The summed E-state index contributed by atoms with van der Waals surface area (Å²) in [6.45, 7) is 0.322. The van der Waals surface area contributed by atoms with E-state index < -0.39 is 0 Å². The summed E-state index contributed by atoms with van der Waals surface area (Å²) in [5.74, 6) is 0.227. The van der Waals surface area contributed by atoms with Crippen molar-refractivity contribution in [3.63, 3.8) is 0 Å². The third-order valence-corrected chi connectivity index (χ3v) is 3.54. The van der Waals surface area contributed by atoms with Crippen LogP contribution >= 0.6 is 11.6 Å². The lowest BCUT2D eigenvalue weighted by Gasteiger charge is -2.07. The van der Waals surface area contributed by atoms with Crippen molar-refractivity contribution in [2.24, 2.45) is 0 Å². The number of carbonyl (C=O) groups excluding carboxylic acids is 1. The second-order valence-corrected chi connectivity index (χ2v) is 5.01. The molecule has 0 saturated heterocycles. The van der Waals surface area contributed by atoms with Crippen molar-refractivity contribution in [2.75, 3.05) is 7.11 Å². The molecule has 22 heavy (non-hydrogen) atoms. The Morgan fingerprint density at radius 3 is 2.91 bits per heavy atom. The van der Waals surface area contributed by atoms with Crippen molar-refractivity contribution in [2.45, 2.75) is 6.61 Å². The van der Waals surface area contributed by atoms with E-state index in [9.17, 15) is 4.79 Å². The van der Waals surface area contributed by atoms with E-state index in [-0.39, 0.29) is 5.97 Å². The molecule has 0 bridgehead atoms. The van der Waals surface area contributed by atoms with Crippen LogP contribution in [0.4, 0.5) is 0 Å². The minimum absolute atomic E-state index is 0.322. The van der Waals surface area contributed by atoms with Crippen LogP contribution in [0.5, 0.6) is 5.75 Å². The number of aromatic nitrogens is 2. The van der Waals surface area contributed by atoms with Gasteiger partial charge >= 0.3 is 5.97 Å². The molecular weight excluding hydrogens is 304 g/mol. The molecule has 0 atom stereocenters. The summed E-state index contributed by atoms with van der Waals surface area (Å²) in [5, 5.41) is 0.560. The highest BCUT2D eigenvalue weighted by molar-refractivity contribution is 6.32. The van der Waals surface area contributed by atoms with E-state index in [0.717, 1.165) is 5.69 Å². The Kier molecular flexibility index (Phi) is 3.98. The van der Waals surface area contributed by atoms with Gasteiger partial charge in [0.15, 0.2) is 0 Å². The maximum absolute atomic E-state index is 11.5. The average molecular weight is 317 g/mol. The SMILES string of the molecule is COC(=O)c1ccn2c(COc3ccccc3Cl)cnc2c1. The summed E-state index contributed by atoms with van der Waals surface area (Å²) in [7, 11) is 1.35. The number of methoxy groups -OCH3 is 1. The van der Waals surface area contributed by atoms with E-state index >= 15 is 0 Å². The average Bonchev–Trinajstić information content (AvgIpc) is 2.95. The Balaban J connectivity index is 1.83. The molecule has 0 spiro atoms. The Morgan fingerprint density at radius 1 is 1.32 bits per heavy atom. The normalized spacial score (nSPS) is 10.6. The molecule has 3 aromatic rings. The number of pyridine rings is 1. The minimum atomic E-state index is -0.389. The summed E-state index contributed by atoms with van der Waals surface area (Å²) in [6, 6.07) is 10.6. The van der Waals surface area contributed by atoms with Gasteiger partial charge in [0.1, 0.15) is 18.0 Å². The maximum atomic E-state index is 11.5.